The molecule has 1 aromatic carbocycles. The zero-order chi connectivity index (χ0) is 20.8. The van der Waals surface area contributed by atoms with Gasteiger partial charge in [0.15, 0.2) is 0 Å². The van der Waals surface area contributed by atoms with Gasteiger partial charge >= 0.3 is 5.97 Å². The largest absolute Gasteiger partial charge is 0.481 e. The highest BCUT2D eigenvalue weighted by atomic mass is 35.5. The van der Waals surface area contributed by atoms with Crippen molar-refractivity contribution in [2.75, 3.05) is 46.9 Å². The Hall–Kier alpha value is -1.71. The van der Waals surface area contributed by atoms with E-state index in [-0.39, 0.29) is 32.3 Å². The predicted octanol–water partition coefficient (Wildman–Crippen LogP) is 2.20. The van der Waals surface area contributed by atoms with Gasteiger partial charge in [-0.2, -0.15) is 0 Å². The Kier molecular flexibility index (Phi) is 12.4. The number of carboxylic acids is 1. The van der Waals surface area contributed by atoms with Crippen molar-refractivity contribution in [2.45, 2.75) is 19.4 Å². The van der Waals surface area contributed by atoms with E-state index in [9.17, 15) is 14.7 Å². The van der Waals surface area contributed by atoms with E-state index in [2.05, 4.69) is 5.32 Å². The third kappa shape index (κ3) is 10.0. The molecular formula is C19H28ClNO7. The van der Waals surface area contributed by atoms with Crippen LogP contribution in [0.15, 0.2) is 24.3 Å². The Bertz CT molecular complexity index is 582. The molecule has 0 aliphatic carbocycles. The van der Waals surface area contributed by atoms with E-state index in [1.54, 1.807) is 24.3 Å². The number of carboxylic acid groups (broad SMARTS) is 1. The fraction of sp³-hybridized carbons (Fsp3) is 0.579. The summed E-state index contributed by atoms with van der Waals surface area (Å²) in [6.07, 6.45) is 0.147. The lowest BCUT2D eigenvalue weighted by atomic mass is 10.0. The second-order valence-electron chi connectivity index (χ2n) is 6.00. The lowest BCUT2D eigenvalue weighted by molar-refractivity contribution is -0.145. The predicted molar refractivity (Wildman–Crippen MR) is 104 cm³/mol. The van der Waals surface area contributed by atoms with Crippen molar-refractivity contribution in [1.29, 1.82) is 0 Å². The second kappa shape index (κ2) is 14.3. The molecule has 0 radical (unpaired) electrons. The van der Waals surface area contributed by atoms with Crippen molar-refractivity contribution in [3.63, 3.8) is 0 Å². The third-order valence-corrected chi connectivity index (χ3v) is 4.05. The molecule has 1 aromatic rings. The first kappa shape index (κ1) is 24.3. The standard InChI is InChI=1S/C19H28ClNO7/c1-3-26-13-28-12-17(10-15(19(23)24)11-27-9-8-25-2)21-18(22)14-4-6-16(20)7-5-14/h4-7,15,17H,3,8-13H2,1-2H3,(H,21,22)(H,23,24). The number of amides is 1. The van der Waals surface area contributed by atoms with Crippen molar-refractivity contribution in [1.82, 2.24) is 5.32 Å². The Labute approximate surface area is 170 Å². The van der Waals surface area contributed by atoms with Crippen LogP contribution in [0.5, 0.6) is 0 Å². The lowest BCUT2D eigenvalue weighted by Crippen LogP contribution is -2.41. The lowest BCUT2D eigenvalue weighted by Gasteiger charge is -2.22. The van der Waals surface area contributed by atoms with Crippen LogP contribution < -0.4 is 5.32 Å². The highest BCUT2D eigenvalue weighted by molar-refractivity contribution is 6.30. The molecule has 0 aliphatic heterocycles. The summed E-state index contributed by atoms with van der Waals surface area (Å²) in [4.78, 5) is 24.0. The Balaban J connectivity index is 2.70. The second-order valence-corrected chi connectivity index (χ2v) is 6.43. The first-order chi connectivity index (χ1) is 13.5. The molecule has 0 saturated heterocycles. The van der Waals surface area contributed by atoms with Crippen LogP contribution in [0.1, 0.15) is 23.7 Å². The molecule has 2 unspecified atom stereocenters. The zero-order valence-electron chi connectivity index (χ0n) is 16.2. The van der Waals surface area contributed by atoms with Crippen LogP contribution in [0.2, 0.25) is 5.02 Å². The molecule has 0 saturated carbocycles. The number of benzene rings is 1. The van der Waals surface area contributed by atoms with E-state index in [1.165, 1.54) is 7.11 Å². The highest BCUT2D eigenvalue weighted by Crippen LogP contribution is 2.12. The quantitative estimate of drug-likeness (QED) is 0.333. The van der Waals surface area contributed by atoms with Gasteiger partial charge < -0.3 is 29.4 Å². The minimum atomic E-state index is -1.01. The number of aliphatic carboxylic acids is 1. The number of halogens is 1. The number of hydrogen-bond acceptors (Lipinski definition) is 6. The van der Waals surface area contributed by atoms with Gasteiger partial charge in [-0.15, -0.1) is 0 Å². The Morgan fingerprint density at radius 3 is 2.43 bits per heavy atom. The zero-order valence-corrected chi connectivity index (χ0v) is 16.9. The minimum Gasteiger partial charge on any atom is -0.481 e. The van der Waals surface area contributed by atoms with Crippen molar-refractivity contribution in [3.05, 3.63) is 34.9 Å². The summed E-state index contributed by atoms with van der Waals surface area (Å²) in [6, 6.07) is 5.88. The van der Waals surface area contributed by atoms with Gasteiger partial charge in [0.1, 0.15) is 6.79 Å². The average molecular weight is 418 g/mol. The van der Waals surface area contributed by atoms with Crippen molar-refractivity contribution < 1.29 is 33.6 Å². The maximum absolute atomic E-state index is 12.5. The molecule has 0 fully saturated rings. The van der Waals surface area contributed by atoms with E-state index in [4.69, 9.17) is 30.5 Å². The van der Waals surface area contributed by atoms with Crippen LogP contribution in [0.4, 0.5) is 0 Å². The number of hydrogen-bond donors (Lipinski definition) is 2. The Morgan fingerprint density at radius 2 is 1.82 bits per heavy atom. The van der Waals surface area contributed by atoms with Crippen LogP contribution in [0.25, 0.3) is 0 Å². The summed E-state index contributed by atoms with van der Waals surface area (Å²) in [7, 11) is 1.54. The molecule has 8 nitrogen and oxygen atoms in total. The maximum atomic E-state index is 12.5. The first-order valence-electron chi connectivity index (χ1n) is 8.99. The van der Waals surface area contributed by atoms with Gasteiger partial charge in [-0.25, -0.2) is 0 Å². The average Bonchev–Trinajstić information content (AvgIpc) is 2.67. The van der Waals surface area contributed by atoms with Crippen LogP contribution in [-0.2, 0) is 23.7 Å². The molecule has 28 heavy (non-hydrogen) atoms. The van der Waals surface area contributed by atoms with Crippen molar-refractivity contribution in [2.24, 2.45) is 5.92 Å². The molecule has 0 heterocycles. The van der Waals surface area contributed by atoms with Crippen molar-refractivity contribution >= 4 is 23.5 Å². The summed E-state index contributed by atoms with van der Waals surface area (Å²) >= 11 is 5.84. The summed E-state index contributed by atoms with van der Waals surface area (Å²) in [5.41, 5.74) is 0.419. The summed E-state index contributed by atoms with van der Waals surface area (Å²) in [5, 5.41) is 12.8. The summed E-state index contributed by atoms with van der Waals surface area (Å²) in [5.74, 6) is -2.15. The van der Waals surface area contributed by atoms with Crippen LogP contribution in [0, 0.1) is 5.92 Å². The SMILES string of the molecule is CCOCOCC(CC(COCCOC)C(=O)O)NC(=O)c1ccc(Cl)cc1. The van der Waals surface area contributed by atoms with Gasteiger partial charge in [0, 0.05) is 24.3 Å². The normalized spacial score (nSPS) is 13.1. The third-order valence-electron chi connectivity index (χ3n) is 3.80. The fourth-order valence-electron chi connectivity index (χ4n) is 2.32. The molecule has 0 spiro atoms. The smallest absolute Gasteiger partial charge is 0.308 e. The van der Waals surface area contributed by atoms with E-state index >= 15 is 0 Å². The van der Waals surface area contributed by atoms with Crippen LogP contribution in [-0.4, -0.2) is 70.0 Å². The van der Waals surface area contributed by atoms with Gasteiger partial charge in [-0.05, 0) is 37.6 Å². The summed E-state index contributed by atoms with van der Waals surface area (Å²) in [6.45, 7) is 3.18. The maximum Gasteiger partial charge on any atom is 0.308 e. The van der Waals surface area contributed by atoms with E-state index in [0.29, 0.717) is 30.4 Å². The fourth-order valence-corrected chi connectivity index (χ4v) is 2.45. The van der Waals surface area contributed by atoms with E-state index in [0.717, 1.165) is 0 Å². The van der Waals surface area contributed by atoms with E-state index in [1.807, 2.05) is 6.92 Å². The molecule has 2 atom stereocenters. The van der Waals surface area contributed by atoms with Crippen molar-refractivity contribution in [3.8, 4) is 0 Å². The summed E-state index contributed by atoms with van der Waals surface area (Å²) < 4.78 is 20.8. The number of methoxy groups -OCH3 is 1. The molecule has 9 heteroatoms. The first-order valence-corrected chi connectivity index (χ1v) is 9.37. The molecule has 158 valence electrons. The molecule has 0 aliphatic rings. The van der Waals surface area contributed by atoms with Crippen LogP contribution in [0.3, 0.4) is 0 Å². The van der Waals surface area contributed by atoms with Gasteiger partial charge in [-0.1, -0.05) is 11.6 Å². The molecule has 1 amide bonds. The number of ether oxygens (including phenoxy) is 4. The number of nitrogens with one attached hydrogen (secondary N) is 1. The van der Waals surface area contributed by atoms with Gasteiger partial charge in [-0.3, -0.25) is 9.59 Å². The van der Waals surface area contributed by atoms with E-state index < -0.39 is 17.9 Å². The number of carbonyl (C=O) groups excluding carboxylic acids is 1. The monoisotopic (exact) mass is 417 g/mol. The number of carbonyl (C=O) groups is 2. The molecule has 0 aromatic heterocycles. The molecular weight excluding hydrogens is 390 g/mol. The van der Waals surface area contributed by atoms with Gasteiger partial charge in [0.25, 0.3) is 5.91 Å². The molecule has 0 bridgehead atoms. The van der Waals surface area contributed by atoms with Gasteiger partial charge in [0.05, 0.1) is 38.4 Å². The number of rotatable bonds is 15. The van der Waals surface area contributed by atoms with Gasteiger partial charge in [0.2, 0.25) is 0 Å². The topological polar surface area (TPSA) is 103 Å². The minimum absolute atomic E-state index is 0.0114. The molecule has 1 rings (SSSR count). The Morgan fingerprint density at radius 1 is 1.11 bits per heavy atom. The molecule has 2 N–H and O–H groups in total. The van der Waals surface area contributed by atoms with Crippen LogP contribution >= 0.6 is 11.6 Å². The highest BCUT2D eigenvalue weighted by Gasteiger charge is 2.25.